The Morgan fingerprint density at radius 1 is 0.878 bits per heavy atom. The molecule has 0 radical (unpaired) electrons. The van der Waals surface area contributed by atoms with Gasteiger partial charge < -0.3 is 10.3 Å². The van der Waals surface area contributed by atoms with Gasteiger partial charge in [0.05, 0.1) is 6.04 Å². The van der Waals surface area contributed by atoms with Crippen LogP contribution in [0, 0.1) is 11.8 Å². The Labute approximate surface area is 288 Å². The zero-order chi connectivity index (χ0) is 34.9. The topological polar surface area (TPSA) is 113 Å². The lowest BCUT2D eigenvalue weighted by atomic mass is 9.86. The van der Waals surface area contributed by atoms with Gasteiger partial charge in [0.1, 0.15) is 0 Å². The Kier molecular flexibility index (Phi) is 11.9. The molecular formula is C42H46N2O5. The van der Waals surface area contributed by atoms with Crippen LogP contribution in [0.1, 0.15) is 81.5 Å². The Balaban J connectivity index is 1.30. The number of carbonyl (C=O) groups excluding carboxylic acids is 5. The molecule has 1 aromatic heterocycles. The van der Waals surface area contributed by atoms with E-state index in [4.69, 9.17) is 0 Å². The fraction of sp³-hybridized carbons (Fsp3) is 0.357. The molecule has 3 aromatic carbocycles. The first-order valence-corrected chi connectivity index (χ1v) is 17.5. The van der Waals surface area contributed by atoms with Crippen LogP contribution in [-0.4, -0.2) is 40.1 Å². The number of Topliss-reactive ketones (excluding diaryl/α,β-unsaturated/α-hetero) is 4. The molecule has 0 bridgehead atoms. The first-order valence-electron chi connectivity index (χ1n) is 17.5. The second kappa shape index (κ2) is 16.5. The molecule has 0 saturated carbocycles. The minimum Gasteiger partial charge on any atom is -0.361 e. The van der Waals surface area contributed by atoms with Crippen molar-refractivity contribution in [1.82, 2.24) is 10.3 Å². The third kappa shape index (κ3) is 8.77. The van der Waals surface area contributed by atoms with Crippen LogP contribution in [0.5, 0.6) is 0 Å². The summed E-state index contributed by atoms with van der Waals surface area (Å²) in [5.74, 6) is -3.18. The van der Waals surface area contributed by atoms with E-state index in [9.17, 15) is 24.0 Å². The van der Waals surface area contributed by atoms with E-state index in [0.29, 0.717) is 25.7 Å². The van der Waals surface area contributed by atoms with E-state index >= 15 is 0 Å². The third-order valence-electron chi connectivity index (χ3n) is 9.80. The standard InChI is InChI=1S/C42H46N2O5/c1-4-5-15-31(41(48)38(45)21-20-29-13-7-6-8-14-29)25-40(47)37(24-32-26-43-36-19-12-11-18-34(32)36)44-42(49)27(2)22-39(46)35-23-30-16-9-10-17-33(30)28(35)3/h6-14,16-19,26-27,31,37,43H,4-5,15,20-25H2,1-3H3,(H,44,49)/t27-,31-,37+/m1/s1. The summed E-state index contributed by atoms with van der Waals surface area (Å²) in [7, 11) is 0. The molecule has 0 aliphatic heterocycles. The van der Waals surface area contributed by atoms with Crippen molar-refractivity contribution >= 4 is 45.5 Å². The zero-order valence-electron chi connectivity index (χ0n) is 28.7. The molecule has 254 valence electrons. The predicted molar refractivity (Wildman–Crippen MR) is 193 cm³/mol. The second-order valence-electron chi connectivity index (χ2n) is 13.4. The first kappa shape index (κ1) is 35.4. The zero-order valence-corrected chi connectivity index (χ0v) is 28.7. The lowest BCUT2D eigenvalue weighted by Crippen LogP contribution is -2.46. The quantitative estimate of drug-likeness (QED) is 0.109. The Bertz CT molecular complexity index is 1870. The molecule has 7 nitrogen and oxygen atoms in total. The fourth-order valence-electron chi connectivity index (χ4n) is 6.82. The molecule has 1 aliphatic carbocycles. The van der Waals surface area contributed by atoms with Crippen LogP contribution in [0.3, 0.4) is 0 Å². The van der Waals surface area contributed by atoms with Gasteiger partial charge in [-0.3, -0.25) is 24.0 Å². The molecule has 3 atom stereocenters. The van der Waals surface area contributed by atoms with Crippen molar-refractivity contribution in [2.75, 3.05) is 0 Å². The van der Waals surface area contributed by atoms with E-state index in [0.717, 1.165) is 50.7 Å². The summed E-state index contributed by atoms with van der Waals surface area (Å²) < 4.78 is 0. The largest absolute Gasteiger partial charge is 0.361 e. The number of unbranched alkanes of at least 4 members (excludes halogenated alkanes) is 1. The van der Waals surface area contributed by atoms with Crippen molar-refractivity contribution in [2.24, 2.45) is 11.8 Å². The SMILES string of the molecule is CCCC[C@H](CC(=O)[C@H](Cc1c[nH]c2ccccc12)NC(=O)[C@H](C)CC(=O)C1=C(C)c2ccccc2C1)C(=O)C(=O)CCc1ccccc1. The van der Waals surface area contributed by atoms with Crippen LogP contribution in [0.2, 0.25) is 0 Å². The van der Waals surface area contributed by atoms with Gasteiger partial charge in [0.15, 0.2) is 17.3 Å². The maximum atomic E-state index is 14.1. The molecule has 4 aromatic rings. The normalized spacial score (nSPS) is 14.3. The van der Waals surface area contributed by atoms with E-state index in [2.05, 4.69) is 10.3 Å². The molecule has 2 N–H and O–H groups in total. The van der Waals surface area contributed by atoms with E-state index < -0.39 is 35.4 Å². The maximum Gasteiger partial charge on any atom is 0.223 e. The van der Waals surface area contributed by atoms with Gasteiger partial charge in [0, 0.05) is 66.6 Å². The summed E-state index contributed by atoms with van der Waals surface area (Å²) >= 11 is 0. The highest BCUT2D eigenvalue weighted by molar-refractivity contribution is 6.38. The highest BCUT2D eigenvalue weighted by Gasteiger charge is 2.32. The highest BCUT2D eigenvalue weighted by atomic mass is 16.2. The lowest BCUT2D eigenvalue weighted by molar-refractivity contribution is -0.140. The molecule has 1 heterocycles. The Hall–Kier alpha value is -4.91. The Morgan fingerprint density at radius 2 is 1.59 bits per heavy atom. The average Bonchev–Trinajstić information content (AvgIpc) is 3.69. The van der Waals surface area contributed by atoms with E-state index in [1.807, 2.05) is 98.9 Å². The highest BCUT2D eigenvalue weighted by Crippen LogP contribution is 2.33. The van der Waals surface area contributed by atoms with Gasteiger partial charge in [0.2, 0.25) is 11.7 Å². The summed E-state index contributed by atoms with van der Waals surface area (Å²) in [5, 5.41) is 3.89. The van der Waals surface area contributed by atoms with Crippen molar-refractivity contribution in [3.8, 4) is 0 Å². The van der Waals surface area contributed by atoms with Gasteiger partial charge in [-0.2, -0.15) is 0 Å². The van der Waals surface area contributed by atoms with Gasteiger partial charge in [-0.15, -0.1) is 0 Å². The number of ketones is 4. The summed E-state index contributed by atoms with van der Waals surface area (Å²) in [5.41, 5.74) is 6.59. The van der Waals surface area contributed by atoms with Gasteiger partial charge in [-0.1, -0.05) is 99.5 Å². The van der Waals surface area contributed by atoms with Crippen molar-refractivity contribution in [2.45, 2.75) is 84.6 Å². The number of allylic oxidation sites excluding steroid dienone is 2. The van der Waals surface area contributed by atoms with E-state index in [1.54, 1.807) is 6.92 Å². The number of hydrogen-bond donors (Lipinski definition) is 2. The van der Waals surface area contributed by atoms with Crippen molar-refractivity contribution in [3.63, 3.8) is 0 Å². The minimum absolute atomic E-state index is 0.0218. The third-order valence-corrected chi connectivity index (χ3v) is 9.80. The summed E-state index contributed by atoms with van der Waals surface area (Å²) in [4.78, 5) is 70.9. The first-order chi connectivity index (χ1) is 23.7. The minimum atomic E-state index is -0.933. The average molecular weight is 659 g/mol. The monoisotopic (exact) mass is 658 g/mol. The molecule has 7 heteroatoms. The maximum absolute atomic E-state index is 14.1. The van der Waals surface area contributed by atoms with Crippen LogP contribution < -0.4 is 5.32 Å². The molecule has 1 aliphatic rings. The van der Waals surface area contributed by atoms with Gasteiger partial charge in [-0.05, 0) is 53.7 Å². The van der Waals surface area contributed by atoms with Crippen LogP contribution in [0.4, 0.5) is 0 Å². The van der Waals surface area contributed by atoms with Gasteiger partial charge >= 0.3 is 0 Å². The van der Waals surface area contributed by atoms with Crippen molar-refractivity contribution in [1.29, 1.82) is 0 Å². The molecule has 0 fully saturated rings. The number of nitrogens with one attached hydrogen (secondary N) is 2. The van der Waals surface area contributed by atoms with Crippen LogP contribution in [0.25, 0.3) is 16.5 Å². The predicted octanol–water partition coefficient (Wildman–Crippen LogP) is 7.36. The number of aryl methyl sites for hydroxylation is 1. The summed E-state index contributed by atoms with van der Waals surface area (Å²) in [6, 6.07) is 24.3. The number of carbonyl (C=O) groups is 5. The van der Waals surface area contributed by atoms with Crippen LogP contribution in [-0.2, 0) is 43.2 Å². The van der Waals surface area contributed by atoms with Gasteiger partial charge in [-0.25, -0.2) is 0 Å². The second-order valence-corrected chi connectivity index (χ2v) is 13.4. The molecular weight excluding hydrogens is 612 g/mol. The van der Waals surface area contributed by atoms with Crippen LogP contribution in [0.15, 0.2) is 90.6 Å². The molecule has 49 heavy (non-hydrogen) atoms. The summed E-state index contributed by atoms with van der Waals surface area (Å²) in [6.45, 7) is 5.66. The number of H-pyrrole nitrogens is 1. The fourth-order valence-corrected chi connectivity index (χ4v) is 6.82. The number of para-hydroxylation sites is 1. The van der Waals surface area contributed by atoms with Crippen molar-refractivity contribution in [3.05, 3.63) is 113 Å². The van der Waals surface area contributed by atoms with Crippen molar-refractivity contribution < 1.29 is 24.0 Å². The number of aromatic amines is 1. The molecule has 0 spiro atoms. The van der Waals surface area contributed by atoms with E-state index in [1.165, 1.54) is 0 Å². The number of benzene rings is 3. The molecule has 1 amide bonds. The Morgan fingerprint density at radius 3 is 2.35 bits per heavy atom. The number of hydrogen-bond acceptors (Lipinski definition) is 5. The van der Waals surface area contributed by atoms with Gasteiger partial charge in [0.25, 0.3) is 0 Å². The number of aromatic nitrogens is 1. The number of rotatable bonds is 18. The van der Waals surface area contributed by atoms with E-state index in [-0.39, 0.29) is 37.2 Å². The van der Waals surface area contributed by atoms with Crippen LogP contribution >= 0.6 is 0 Å². The molecule has 0 saturated heterocycles. The number of amides is 1. The smallest absolute Gasteiger partial charge is 0.223 e. The molecule has 5 rings (SSSR count). The summed E-state index contributed by atoms with van der Waals surface area (Å²) in [6.07, 6.45) is 4.97. The lowest BCUT2D eigenvalue weighted by Gasteiger charge is -2.22. The molecule has 0 unspecified atom stereocenters. The number of fused-ring (bicyclic) bond motifs is 2.